The largest absolute Gasteiger partial charge is 0.369 e. The van der Waals surface area contributed by atoms with Gasteiger partial charge in [0.2, 0.25) is 0 Å². The molecule has 1 aromatic heterocycles. The van der Waals surface area contributed by atoms with Gasteiger partial charge in [-0.2, -0.15) is 4.98 Å². The average molecular weight is 321 g/mol. The van der Waals surface area contributed by atoms with Crippen molar-refractivity contribution in [1.29, 1.82) is 0 Å². The fourth-order valence-corrected chi connectivity index (χ4v) is 2.88. The SMILES string of the molecule is CN(C)C=Nc1nc(Cl)c2c(n1)CCc1cc(Cl)ccc1-2. The highest BCUT2D eigenvalue weighted by molar-refractivity contribution is 6.32. The third-order valence-electron chi connectivity index (χ3n) is 3.30. The lowest BCUT2D eigenvalue weighted by Gasteiger charge is -2.20. The van der Waals surface area contributed by atoms with Gasteiger partial charge in [0.15, 0.2) is 0 Å². The molecule has 0 spiro atoms. The first-order chi connectivity index (χ1) is 10.0. The van der Waals surface area contributed by atoms with Crippen molar-refractivity contribution in [3.8, 4) is 11.1 Å². The quantitative estimate of drug-likeness (QED) is 0.480. The van der Waals surface area contributed by atoms with Gasteiger partial charge in [0, 0.05) is 24.7 Å². The minimum atomic E-state index is 0.393. The standard InChI is InChI=1S/C15H14Cl2N4/c1-21(2)8-18-15-19-12-6-3-9-7-10(16)4-5-11(9)13(12)14(17)20-15/h4-5,7-8H,3,6H2,1-2H3. The molecule has 1 aliphatic carbocycles. The van der Waals surface area contributed by atoms with Gasteiger partial charge in [0.05, 0.1) is 12.0 Å². The number of aromatic nitrogens is 2. The molecule has 1 heterocycles. The van der Waals surface area contributed by atoms with Gasteiger partial charge in [-0.05, 0) is 36.1 Å². The molecule has 6 heteroatoms. The first-order valence-electron chi connectivity index (χ1n) is 6.60. The van der Waals surface area contributed by atoms with Crippen LogP contribution in [0.4, 0.5) is 5.95 Å². The number of aryl methyl sites for hydroxylation is 2. The van der Waals surface area contributed by atoms with Gasteiger partial charge in [-0.25, -0.2) is 9.98 Å². The first-order valence-corrected chi connectivity index (χ1v) is 7.36. The Bertz CT molecular complexity index is 726. The van der Waals surface area contributed by atoms with E-state index in [2.05, 4.69) is 15.0 Å². The summed E-state index contributed by atoms with van der Waals surface area (Å²) in [5.74, 6) is 0.393. The summed E-state index contributed by atoms with van der Waals surface area (Å²) in [4.78, 5) is 14.8. The molecule has 4 nitrogen and oxygen atoms in total. The Balaban J connectivity index is 2.09. The monoisotopic (exact) mass is 320 g/mol. The van der Waals surface area contributed by atoms with Crippen molar-refractivity contribution in [3.63, 3.8) is 0 Å². The van der Waals surface area contributed by atoms with E-state index in [0.29, 0.717) is 11.1 Å². The molecule has 0 amide bonds. The second kappa shape index (κ2) is 5.62. The molecular formula is C15H14Cl2N4. The molecule has 0 radical (unpaired) electrons. The van der Waals surface area contributed by atoms with Crippen molar-refractivity contribution in [2.75, 3.05) is 14.1 Å². The van der Waals surface area contributed by atoms with Crippen molar-refractivity contribution in [1.82, 2.24) is 14.9 Å². The fourth-order valence-electron chi connectivity index (χ4n) is 2.40. The predicted molar refractivity (Wildman–Crippen MR) is 86.7 cm³/mol. The molecule has 0 saturated heterocycles. The van der Waals surface area contributed by atoms with Crippen LogP contribution in [-0.4, -0.2) is 35.3 Å². The van der Waals surface area contributed by atoms with Gasteiger partial charge in [0.25, 0.3) is 5.95 Å². The van der Waals surface area contributed by atoms with E-state index in [1.165, 1.54) is 5.56 Å². The topological polar surface area (TPSA) is 41.4 Å². The van der Waals surface area contributed by atoms with Crippen LogP contribution >= 0.6 is 23.2 Å². The maximum absolute atomic E-state index is 6.36. The van der Waals surface area contributed by atoms with Crippen LogP contribution in [0.2, 0.25) is 10.2 Å². The van der Waals surface area contributed by atoms with E-state index in [0.717, 1.165) is 34.7 Å². The molecule has 0 unspecified atom stereocenters. The second-order valence-corrected chi connectivity index (χ2v) is 5.94. The molecule has 0 atom stereocenters. The van der Waals surface area contributed by atoms with Gasteiger partial charge in [-0.3, -0.25) is 0 Å². The van der Waals surface area contributed by atoms with Crippen molar-refractivity contribution < 1.29 is 0 Å². The van der Waals surface area contributed by atoms with Crippen LogP contribution in [0.3, 0.4) is 0 Å². The van der Waals surface area contributed by atoms with Crippen LogP contribution in [0.5, 0.6) is 0 Å². The van der Waals surface area contributed by atoms with E-state index in [4.69, 9.17) is 23.2 Å². The van der Waals surface area contributed by atoms with E-state index in [1.54, 1.807) is 6.34 Å². The van der Waals surface area contributed by atoms with Crippen LogP contribution in [0, 0.1) is 0 Å². The average Bonchev–Trinajstić information content (AvgIpc) is 2.44. The number of nitrogens with zero attached hydrogens (tertiary/aromatic N) is 4. The highest BCUT2D eigenvalue weighted by Gasteiger charge is 2.22. The third kappa shape index (κ3) is 2.87. The number of hydrogen-bond donors (Lipinski definition) is 0. The highest BCUT2D eigenvalue weighted by Crippen LogP contribution is 2.38. The lowest BCUT2D eigenvalue weighted by Crippen LogP contribution is -2.09. The molecular weight excluding hydrogens is 307 g/mol. The predicted octanol–water partition coefficient (Wildman–Crippen LogP) is 3.77. The number of aliphatic imine (C=N–C) groups is 1. The zero-order chi connectivity index (χ0) is 15.0. The van der Waals surface area contributed by atoms with E-state index in [9.17, 15) is 0 Å². The molecule has 2 aromatic rings. The zero-order valence-corrected chi connectivity index (χ0v) is 13.3. The summed E-state index contributed by atoms with van der Waals surface area (Å²) in [6.07, 6.45) is 3.37. The molecule has 108 valence electrons. The number of hydrogen-bond acceptors (Lipinski definition) is 3. The van der Waals surface area contributed by atoms with Gasteiger partial charge < -0.3 is 4.90 Å². The molecule has 3 rings (SSSR count). The molecule has 0 fully saturated rings. The van der Waals surface area contributed by atoms with E-state index in [1.807, 2.05) is 37.2 Å². The van der Waals surface area contributed by atoms with E-state index < -0.39 is 0 Å². The van der Waals surface area contributed by atoms with Crippen LogP contribution in [0.15, 0.2) is 23.2 Å². The molecule has 0 bridgehead atoms. The Morgan fingerprint density at radius 3 is 2.76 bits per heavy atom. The maximum Gasteiger partial charge on any atom is 0.252 e. The second-order valence-electron chi connectivity index (χ2n) is 5.15. The number of halogens is 2. The number of rotatable bonds is 2. The van der Waals surface area contributed by atoms with Gasteiger partial charge in [0.1, 0.15) is 5.15 Å². The Morgan fingerprint density at radius 1 is 1.19 bits per heavy atom. The summed E-state index contributed by atoms with van der Waals surface area (Å²) in [5, 5.41) is 1.18. The summed E-state index contributed by atoms with van der Waals surface area (Å²) in [7, 11) is 3.78. The molecule has 0 aliphatic heterocycles. The van der Waals surface area contributed by atoms with Crippen LogP contribution in [-0.2, 0) is 12.8 Å². The summed E-state index contributed by atoms with van der Waals surface area (Å²) in [5.41, 5.74) is 4.09. The van der Waals surface area contributed by atoms with Crippen molar-refractivity contribution >= 4 is 35.5 Å². The summed E-state index contributed by atoms with van der Waals surface area (Å²) in [6, 6.07) is 5.83. The normalized spacial score (nSPS) is 13.1. The minimum Gasteiger partial charge on any atom is -0.369 e. The van der Waals surface area contributed by atoms with Crippen LogP contribution in [0.1, 0.15) is 11.3 Å². The van der Waals surface area contributed by atoms with Crippen molar-refractivity contribution in [2.45, 2.75) is 12.8 Å². The third-order valence-corrected chi connectivity index (χ3v) is 3.81. The molecule has 0 saturated carbocycles. The summed E-state index contributed by atoms with van der Waals surface area (Å²) < 4.78 is 0. The molecule has 21 heavy (non-hydrogen) atoms. The number of benzene rings is 1. The van der Waals surface area contributed by atoms with Gasteiger partial charge in [-0.1, -0.05) is 29.3 Å². The summed E-state index contributed by atoms with van der Waals surface area (Å²) >= 11 is 12.4. The lowest BCUT2D eigenvalue weighted by atomic mass is 9.89. The first kappa shape index (κ1) is 14.3. The minimum absolute atomic E-state index is 0.393. The van der Waals surface area contributed by atoms with Gasteiger partial charge >= 0.3 is 0 Å². The van der Waals surface area contributed by atoms with Crippen LogP contribution < -0.4 is 0 Å². The smallest absolute Gasteiger partial charge is 0.252 e. The lowest BCUT2D eigenvalue weighted by molar-refractivity contribution is 0.642. The fraction of sp³-hybridized carbons (Fsp3) is 0.267. The Morgan fingerprint density at radius 2 is 2.00 bits per heavy atom. The van der Waals surface area contributed by atoms with E-state index in [-0.39, 0.29) is 0 Å². The Hall–Kier alpha value is -1.65. The Kier molecular flexibility index (Phi) is 3.83. The summed E-state index contributed by atoms with van der Waals surface area (Å²) in [6.45, 7) is 0. The van der Waals surface area contributed by atoms with E-state index >= 15 is 0 Å². The Labute approximate surface area is 133 Å². The molecule has 1 aromatic carbocycles. The number of fused-ring (bicyclic) bond motifs is 3. The maximum atomic E-state index is 6.36. The molecule has 0 N–H and O–H groups in total. The van der Waals surface area contributed by atoms with Crippen molar-refractivity contribution in [2.24, 2.45) is 4.99 Å². The highest BCUT2D eigenvalue weighted by atomic mass is 35.5. The molecule has 1 aliphatic rings. The van der Waals surface area contributed by atoms with Crippen molar-refractivity contribution in [3.05, 3.63) is 39.6 Å². The van der Waals surface area contributed by atoms with Gasteiger partial charge in [-0.15, -0.1) is 0 Å². The van der Waals surface area contributed by atoms with Crippen LogP contribution in [0.25, 0.3) is 11.1 Å². The zero-order valence-electron chi connectivity index (χ0n) is 11.8.